The van der Waals surface area contributed by atoms with Crippen LogP contribution in [0.3, 0.4) is 0 Å². The molecule has 0 saturated heterocycles. The van der Waals surface area contributed by atoms with Crippen molar-refractivity contribution in [1.82, 2.24) is 9.47 Å². The van der Waals surface area contributed by atoms with E-state index in [4.69, 9.17) is 4.74 Å². The molecule has 6 nitrogen and oxygen atoms in total. The molecule has 1 aromatic heterocycles. The third kappa shape index (κ3) is 4.91. The van der Waals surface area contributed by atoms with Gasteiger partial charge in [-0.3, -0.25) is 9.59 Å². The van der Waals surface area contributed by atoms with E-state index in [1.165, 1.54) is 0 Å². The minimum Gasteiger partial charge on any atom is -0.461 e. The highest BCUT2D eigenvalue weighted by Crippen LogP contribution is 2.26. The fourth-order valence-electron chi connectivity index (χ4n) is 3.55. The van der Waals surface area contributed by atoms with Gasteiger partial charge in [-0.05, 0) is 46.1 Å². The van der Waals surface area contributed by atoms with Crippen LogP contribution in [0.25, 0.3) is 0 Å². The van der Waals surface area contributed by atoms with Gasteiger partial charge in [0.05, 0.1) is 12.6 Å². The molecular weight excluding hydrogens is 356 g/mol. The molecule has 0 bridgehead atoms. The zero-order valence-corrected chi connectivity index (χ0v) is 18.3. The number of aromatic nitrogens is 1. The van der Waals surface area contributed by atoms with E-state index in [9.17, 15) is 14.4 Å². The molecule has 156 valence electrons. The van der Waals surface area contributed by atoms with Crippen LogP contribution < -0.4 is 0 Å². The van der Waals surface area contributed by atoms with Crippen LogP contribution >= 0.6 is 0 Å². The Morgan fingerprint density at radius 3 is 2.25 bits per heavy atom. The van der Waals surface area contributed by atoms with Gasteiger partial charge in [0, 0.05) is 30.8 Å². The zero-order chi connectivity index (χ0) is 21.6. The van der Waals surface area contributed by atoms with Crippen molar-refractivity contribution in [3.63, 3.8) is 0 Å². The quantitative estimate of drug-likeness (QED) is 0.345. The normalized spacial score (nSPS) is 12.0. The fourth-order valence-corrected chi connectivity index (χ4v) is 3.55. The maximum Gasteiger partial charge on any atom is 0.355 e. The summed E-state index contributed by atoms with van der Waals surface area (Å²) in [6, 6.07) is -0.649. The maximum atomic E-state index is 13.4. The van der Waals surface area contributed by atoms with Crippen LogP contribution in [-0.4, -0.2) is 46.3 Å². The lowest BCUT2D eigenvalue weighted by Crippen LogP contribution is -2.44. The highest BCUT2D eigenvalue weighted by molar-refractivity contribution is 6.06. The molecule has 1 aromatic rings. The Morgan fingerprint density at radius 2 is 1.79 bits per heavy atom. The summed E-state index contributed by atoms with van der Waals surface area (Å²) in [5.74, 6) is -0.490. The van der Waals surface area contributed by atoms with Crippen LogP contribution in [0.15, 0.2) is 12.7 Å². The first kappa shape index (κ1) is 23.7. The highest BCUT2D eigenvalue weighted by Gasteiger charge is 2.32. The summed E-state index contributed by atoms with van der Waals surface area (Å²) >= 11 is 0. The first-order valence-corrected chi connectivity index (χ1v) is 9.93. The van der Waals surface area contributed by atoms with Crippen molar-refractivity contribution in [2.24, 2.45) is 5.92 Å². The second kappa shape index (κ2) is 10.2. The summed E-state index contributed by atoms with van der Waals surface area (Å²) in [6.45, 7) is 17.8. The molecule has 1 rings (SSSR count). The van der Waals surface area contributed by atoms with Crippen LogP contribution in [0.4, 0.5) is 0 Å². The van der Waals surface area contributed by atoms with Crippen LogP contribution in [0, 0.1) is 19.8 Å². The van der Waals surface area contributed by atoms with E-state index in [0.717, 1.165) is 5.69 Å². The van der Waals surface area contributed by atoms with Gasteiger partial charge in [0.15, 0.2) is 5.78 Å². The Bertz CT molecular complexity index is 746. The summed E-state index contributed by atoms with van der Waals surface area (Å²) < 4.78 is 6.99. The third-order valence-corrected chi connectivity index (χ3v) is 4.87. The first-order chi connectivity index (χ1) is 13.1. The fraction of sp³-hybridized carbons (Fsp3) is 0.591. The second-order valence-electron chi connectivity index (χ2n) is 7.37. The molecule has 6 heteroatoms. The second-order valence-corrected chi connectivity index (χ2v) is 7.37. The van der Waals surface area contributed by atoms with Gasteiger partial charge in [-0.15, -0.1) is 6.58 Å². The van der Waals surface area contributed by atoms with E-state index in [1.54, 1.807) is 36.3 Å². The van der Waals surface area contributed by atoms with Gasteiger partial charge in [-0.2, -0.15) is 0 Å². The average molecular weight is 391 g/mol. The summed E-state index contributed by atoms with van der Waals surface area (Å²) in [5, 5.41) is 0. The topological polar surface area (TPSA) is 68.6 Å². The molecule has 0 fully saturated rings. The largest absolute Gasteiger partial charge is 0.461 e. The summed E-state index contributed by atoms with van der Waals surface area (Å²) in [7, 11) is 0. The molecule has 1 heterocycles. The van der Waals surface area contributed by atoms with Crippen LogP contribution in [0.5, 0.6) is 0 Å². The summed E-state index contributed by atoms with van der Waals surface area (Å²) in [5.41, 5.74) is 2.21. The van der Waals surface area contributed by atoms with E-state index < -0.39 is 12.0 Å². The van der Waals surface area contributed by atoms with Gasteiger partial charge in [-0.25, -0.2) is 4.79 Å². The van der Waals surface area contributed by atoms with Crippen molar-refractivity contribution in [1.29, 1.82) is 0 Å². The Hall–Kier alpha value is -2.37. The van der Waals surface area contributed by atoms with Gasteiger partial charge in [0.2, 0.25) is 5.91 Å². The first-order valence-electron chi connectivity index (χ1n) is 9.93. The number of hydrogen-bond donors (Lipinski definition) is 0. The lowest BCUT2D eigenvalue weighted by atomic mass is 9.99. The molecule has 0 aromatic carbocycles. The van der Waals surface area contributed by atoms with Crippen molar-refractivity contribution in [3.8, 4) is 0 Å². The van der Waals surface area contributed by atoms with Crippen LogP contribution in [-0.2, 0) is 16.1 Å². The van der Waals surface area contributed by atoms with E-state index in [1.807, 2.05) is 27.7 Å². The monoisotopic (exact) mass is 390 g/mol. The molecule has 0 radical (unpaired) electrons. The number of carbonyl (C=O) groups excluding carboxylic acids is 3. The van der Waals surface area contributed by atoms with Crippen molar-refractivity contribution in [2.45, 2.75) is 67.5 Å². The predicted octanol–water partition coefficient (Wildman–Crippen LogP) is 3.93. The van der Waals surface area contributed by atoms with Gasteiger partial charge in [0.1, 0.15) is 5.69 Å². The van der Waals surface area contributed by atoms with Gasteiger partial charge in [-0.1, -0.05) is 19.9 Å². The van der Waals surface area contributed by atoms with Crippen LogP contribution in [0.2, 0.25) is 0 Å². The van der Waals surface area contributed by atoms with E-state index in [0.29, 0.717) is 36.3 Å². The number of esters is 1. The Morgan fingerprint density at radius 1 is 1.18 bits per heavy atom. The Labute approximate surface area is 168 Å². The smallest absolute Gasteiger partial charge is 0.355 e. The number of nitrogens with zero attached hydrogens (tertiary/aromatic N) is 2. The SMILES string of the molecule is C=CCN(C(=O)CC(C)C)C(C)C(=O)c1c(C)c(C(=O)OCC)n(CC)c1C. The predicted molar refractivity (Wildman–Crippen MR) is 111 cm³/mol. The molecule has 0 N–H and O–H groups in total. The summed E-state index contributed by atoms with van der Waals surface area (Å²) in [4.78, 5) is 40.0. The molecule has 28 heavy (non-hydrogen) atoms. The van der Waals surface area contributed by atoms with Gasteiger partial charge in [0.25, 0.3) is 0 Å². The maximum absolute atomic E-state index is 13.4. The van der Waals surface area contributed by atoms with Crippen LogP contribution in [0.1, 0.15) is 73.1 Å². The standard InChI is InChI=1S/C22H34N2O4/c1-9-12-24(18(25)13-14(4)5)17(8)21(26)19-15(6)20(22(27)28-11-3)23(10-2)16(19)7/h9,14,17H,1,10-13H2,2-8H3. The third-order valence-electron chi connectivity index (χ3n) is 4.87. The molecule has 0 aliphatic rings. The molecule has 1 atom stereocenters. The van der Waals surface area contributed by atoms with E-state index in [2.05, 4.69) is 6.58 Å². The zero-order valence-electron chi connectivity index (χ0n) is 18.3. The number of hydrogen-bond acceptors (Lipinski definition) is 4. The summed E-state index contributed by atoms with van der Waals surface area (Å²) in [6.07, 6.45) is 2.00. The molecule has 0 aliphatic carbocycles. The minimum atomic E-state index is -0.649. The Balaban J connectivity index is 3.38. The number of rotatable bonds is 10. The van der Waals surface area contributed by atoms with E-state index >= 15 is 0 Å². The van der Waals surface area contributed by atoms with Crippen molar-refractivity contribution >= 4 is 17.7 Å². The molecule has 1 unspecified atom stereocenters. The number of carbonyl (C=O) groups is 3. The van der Waals surface area contributed by atoms with Crippen molar-refractivity contribution in [2.75, 3.05) is 13.2 Å². The van der Waals surface area contributed by atoms with Crippen molar-refractivity contribution < 1.29 is 19.1 Å². The lowest BCUT2D eigenvalue weighted by molar-refractivity contribution is -0.132. The minimum absolute atomic E-state index is 0.0772. The lowest BCUT2D eigenvalue weighted by Gasteiger charge is -2.28. The molecular formula is C22H34N2O4. The molecule has 0 spiro atoms. The number of ketones is 1. The highest BCUT2D eigenvalue weighted by atomic mass is 16.5. The number of amides is 1. The van der Waals surface area contributed by atoms with E-state index in [-0.39, 0.29) is 24.2 Å². The van der Waals surface area contributed by atoms with Gasteiger partial charge < -0.3 is 14.2 Å². The number of ether oxygens (including phenoxy) is 1. The molecule has 1 amide bonds. The Kier molecular flexibility index (Phi) is 8.66. The van der Waals surface area contributed by atoms with Crippen molar-refractivity contribution in [3.05, 3.63) is 35.2 Å². The molecule has 0 saturated carbocycles. The average Bonchev–Trinajstić information content (AvgIpc) is 2.87. The number of Topliss-reactive ketones (excluding diaryl/α,β-unsaturated/α-hetero) is 1. The van der Waals surface area contributed by atoms with Gasteiger partial charge >= 0.3 is 5.97 Å². The molecule has 0 aliphatic heterocycles.